The molecule has 0 bridgehead atoms. The molecule has 54 heavy (non-hydrogen) atoms. The molecule has 1 fully saturated rings. The van der Waals surface area contributed by atoms with Gasteiger partial charge in [-0.3, -0.25) is 19.6 Å². The Labute approximate surface area is 331 Å². The van der Waals surface area contributed by atoms with Crippen molar-refractivity contribution in [2.75, 3.05) is 33.3 Å². The Morgan fingerprint density at radius 1 is 1.04 bits per heavy atom. The fraction of sp³-hybridized carbons (Fsp3) is 0.476. The zero-order valence-corrected chi connectivity index (χ0v) is 35.3. The number of ketones is 1. The molecule has 0 aliphatic carbocycles. The Kier molecular flexibility index (Phi) is 12.3. The van der Waals surface area contributed by atoms with Crippen molar-refractivity contribution in [1.29, 1.82) is 0 Å². The maximum absolute atomic E-state index is 13.8. The summed E-state index contributed by atoms with van der Waals surface area (Å²) in [5.74, 6) is 0.331. The van der Waals surface area contributed by atoms with Gasteiger partial charge in [0.1, 0.15) is 11.4 Å². The smallest absolute Gasteiger partial charge is 0.237 e. The van der Waals surface area contributed by atoms with Crippen LogP contribution in [0.5, 0.6) is 5.88 Å². The number of halogens is 2. The van der Waals surface area contributed by atoms with Crippen LogP contribution in [0.1, 0.15) is 72.7 Å². The van der Waals surface area contributed by atoms with Crippen LogP contribution in [-0.2, 0) is 30.4 Å². The van der Waals surface area contributed by atoms with Crippen molar-refractivity contribution in [2.45, 2.75) is 97.3 Å². The van der Waals surface area contributed by atoms with Gasteiger partial charge in [-0.05, 0) is 67.6 Å². The van der Waals surface area contributed by atoms with Crippen molar-refractivity contribution in [3.63, 3.8) is 0 Å². The summed E-state index contributed by atoms with van der Waals surface area (Å²) in [5, 5.41) is 10.8. The molecule has 12 heteroatoms. The number of aliphatic hydroxyl groups is 1. The minimum absolute atomic E-state index is 0.0801. The first-order valence-electron chi connectivity index (χ1n) is 18.8. The Balaban J connectivity index is 1.16. The minimum atomic E-state index is -1.83. The van der Waals surface area contributed by atoms with Crippen LogP contribution in [0.25, 0.3) is 22.4 Å². The molecule has 6 rings (SSSR count). The topological polar surface area (TPSA) is 101 Å². The van der Waals surface area contributed by atoms with Gasteiger partial charge in [0.15, 0.2) is 14.1 Å². The molecule has 0 amide bonds. The second-order valence-corrected chi connectivity index (χ2v) is 21.9. The predicted octanol–water partition coefficient (Wildman–Crippen LogP) is 8.59. The number of β-amino-alcohol motifs (C(OH)–C–C–N with tert-alkyl or cyclic N) is 1. The number of fused-ring (bicyclic) bond motifs is 1. The summed E-state index contributed by atoms with van der Waals surface area (Å²) in [6, 6.07) is 13.3. The number of aliphatic hydroxyl groups excluding tert-OH is 1. The standard InChI is InChI=1S/C42H53Cl2N5O4Si/c1-26-19-34(46-36-24-48(18-16-30(26)36)17-15-27(2)53-54(7,8)42(3,4)5)38(51)20-28-11-9-12-31(39(28)43)32-13-10-14-33(40(32)44)35-21-45-37(41(47-35)52-6)25-49-22-29(50)23-49/h9-14,19,21,27,29,50H,15-18,20,22-25H2,1-8H3. The Morgan fingerprint density at radius 3 is 2.41 bits per heavy atom. The average molecular weight is 791 g/mol. The van der Waals surface area contributed by atoms with Crippen LogP contribution >= 0.6 is 23.2 Å². The van der Waals surface area contributed by atoms with Crippen molar-refractivity contribution in [1.82, 2.24) is 24.8 Å². The SMILES string of the molecule is COc1nc(-c2cccc(-c3cccc(CC(=O)c4cc(C)c5c(n4)CN(CCC(C)O[Si](C)(C)C(C)(C)C)CC5)c3Cl)c2Cl)cnc1CN1CC(O)C1. The van der Waals surface area contributed by atoms with Crippen LogP contribution in [-0.4, -0.2) is 89.5 Å². The number of hydrogen-bond donors (Lipinski definition) is 1. The van der Waals surface area contributed by atoms with Crippen LogP contribution in [0.2, 0.25) is 28.2 Å². The number of methoxy groups -OCH3 is 1. The first-order chi connectivity index (χ1) is 25.5. The largest absolute Gasteiger partial charge is 0.480 e. The molecule has 288 valence electrons. The normalized spacial score (nSPS) is 16.2. The van der Waals surface area contributed by atoms with Crippen LogP contribution in [0.3, 0.4) is 0 Å². The van der Waals surface area contributed by atoms with E-state index >= 15 is 0 Å². The lowest BCUT2D eigenvalue weighted by Crippen LogP contribution is -2.50. The quantitative estimate of drug-likeness (QED) is 0.105. The molecule has 0 radical (unpaired) electrons. The second kappa shape index (κ2) is 16.5. The van der Waals surface area contributed by atoms with E-state index in [2.05, 4.69) is 62.5 Å². The maximum atomic E-state index is 13.8. The number of aryl methyl sites for hydroxylation is 1. The summed E-state index contributed by atoms with van der Waals surface area (Å²) in [6.45, 7) is 20.1. The summed E-state index contributed by atoms with van der Waals surface area (Å²) in [7, 11) is -0.263. The lowest BCUT2D eigenvalue weighted by Gasteiger charge is -2.39. The molecule has 2 aliphatic heterocycles. The van der Waals surface area contributed by atoms with Crippen molar-refractivity contribution < 1.29 is 19.1 Å². The van der Waals surface area contributed by atoms with E-state index in [0.29, 0.717) is 63.8 Å². The van der Waals surface area contributed by atoms with Crippen molar-refractivity contribution in [3.05, 3.63) is 92.5 Å². The number of nitrogens with zero attached hydrogens (tertiary/aromatic N) is 5. The van der Waals surface area contributed by atoms with Gasteiger partial charge in [-0.25, -0.2) is 9.97 Å². The molecule has 1 unspecified atom stereocenters. The molecular formula is C42H53Cl2N5O4Si. The van der Waals surface area contributed by atoms with Gasteiger partial charge >= 0.3 is 0 Å². The molecular weight excluding hydrogens is 737 g/mol. The van der Waals surface area contributed by atoms with E-state index < -0.39 is 8.32 Å². The number of benzene rings is 2. The zero-order chi connectivity index (χ0) is 38.9. The highest BCUT2D eigenvalue weighted by molar-refractivity contribution is 6.74. The third kappa shape index (κ3) is 8.91. The molecule has 1 saturated heterocycles. The van der Waals surface area contributed by atoms with Crippen LogP contribution in [0, 0.1) is 6.92 Å². The number of carbonyl (C=O) groups excluding carboxylic acids is 1. The molecule has 2 aromatic carbocycles. The van der Waals surface area contributed by atoms with E-state index in [1.165, 1.54) is 5.56 Å². The summed E-state index contributed by atoms with van der Waals surface area (Å²) >= 11 is 14.1. The summed E-state index contributed by atoms with van der Waals surface area (Å²) in [5.41, 5.74) is 7.89. The molecule has 2 aliphatic rings. The second-order valence-electron chi connectivity index (χ2n) is 16.4. The Bertz CT molecular complexity index is 2010. The number of rotatable bonds is 13. The number of aromatic nitrogens is 3. The lowest BCUT2D eigenvalue weighted by molar-refractivity contribution is -0.00403. The highest BCUT2D eigenvalue weighted by atomic mass is 35.5. The number of pyridine rings is 1. The summed E-state index contributed by atoms with van der Waals surface area (Å²) in [6.07, 6.45) is 3.56. The van der Waals surface area contributed by atoms with Gasteiger partial charge in [0.25, 0.3) is 0 Å². The van der Waals surface area contributed by atoms with E-state index in [9.17, 15) is 9.90 Å². The highest BCUT2D eigenvalue weighted by Gasteiger charge is 2.38. The van der Waals surface area contributed by atoms with E-state index in [1.54, 1.807) is 13.3 Å². The molecule has 9 nitrogen and oxygen atoms in total. The maximum Gasteiger partial charge on any atom is 0.237 e. The first kappa shape index (κ1) is 40.4. The van der Waals surface area contributed by atoms with E-state index in [0.717, 1.165) is 54.9 Å². The van der Waals surface area contributed by atoms with Gasteiger partial charge < -0.3 is 14.3 Å². The number of Topliss-reactive ketones (excluding diaryl/α,β-unsaturated/α-hetero) is 1. The Morgan fingerprint density at radius 2 is 1.72 bits per heavy atom. The molecule has 1 N–H and O–H groups in total. The molecule has 4 aromatic rings. The predicted molar refractivity (Wildman–Crippen MR) is 219 cm³/mol. The van der Waals surface area contributed by atoms with Crippen LogP contribution in [0.4, 0.5) is 0 Å². The third-order valence-electron chi connectivity index (χ3n) is 11.2. The number of likely N-dealkylation sites (tertiary alicyclic amines) is 1. The van der Waals surface area contributed by atoms with Crippen molar-refractivity contribution in [2.24, 2.45) is 0 Å². The summed E-state index contributed by atoms with van der Waals surface area (Å²) < 4.78 is 12.2. The van der Waals surface area contributed by atoms with Crippen molar-refractivity contribution in [3.8, 4) is 28.3 Å². The fourth-order valence-electron chi connectivity index (χ4n) is 7.04. The van der Waals surface area contributed by atoms with Crippen LogP contribution < -0.4 is 4.74 Å². The highest BCUT2D eigenvalue weighted by Crippen LogP contribution is 2.41. The lowest BCUT2D eigenvalue weighted by atomic mass is 9.95. The number of ether oxygens (including phenoxy) is 1. The minimum Gasteiger partial charge on any atom is -0.480 e. The van der Waals surface area contributed by atoms with Gasteiger partial charge in [-0.15, -0.1) is 0 Å². The first-order valence-corrected chi connectivity index (χ1v) is 22.5. The molecule has 2 aromatic heterocycles. The molecule has 0 saturated carbocycles. The van der Waals surface area contributed by atoms with Crippen molar-refractivity contribution >= 4 is 37.3 Å². The number of carbonyl (C=O) groups is 1. The molecule has 0 spiro atoms. The van der Waals surface area contributed by atoms with Gasteiger partial charge in [0, 0.05) is 68.5 Å². The van der Waals surface area contributed by atoms with E-state index in [1.807, 2.05) is 42.5 Å². The number of hydrogen-bond acceptors (Lipinski definition) is 9. The van der Waals surface area contributed by atoms with Gasteiger partial charge in [0.2, 0.25) is 5.88 Å². The molecule has 4 heterocycles. The van der Waals surface area contributed by atoms with E-state index in [-0.39, 0.29) is 29.5 Å². The molecule has 1 atom stereocenters. The Hall–Kier alpha value is -3.22. The van der Waals surface area contributed by atoms with Gasteiger partial charge in [0.05, 0.1) is 40.8 Å². The zero-order valence-electron chi connectivity index (χ0n) is 32.8. The van der Waals surface area contributed by atoms with E-state index in [4.69, 9.17) is 42.3 Å². The average Bonchev–Trinajstić information content (AvgIpc) is 3.10. The monoisotopic (exact) mass is 789 g/mol. The third-order valence-corrected chi connectivity index (χ3v) is 16.7. The van der Waals surface area contributed by atoms with Gasteiger partial charge in [-0.1, -0.05) is 80.4 Å². The van der Waals surface area contributed by atoms with Gasteiger partial charge in [-0.2, -0.15) is 0 Å². The summed E-state index contributed by atoms with van der Waals surface area (Å²) in [4.78, 5) is 32.7. The fourth-order valence-corrected chi connectivity index (χ4v) is 9.14. The van der Waals surface area contributed by atoms with Crippen LogP contribution in [0.15, 0.2) is 48.7 Å².